The maximum absolute atomic E-state index is 10.9. The van der Waals surface area contributed by atoms with Gasteiger partial charge in [0.1, 0.15) is 5.69 Å². The van der Waals surface area contributed by atoms with Gasteiger partial charge in [0.05, 0.1) is 17.7 Å². The van der Waals surface area contributed by atoms with Crippen LogP contribution >= 0.6 is 11.6 Å². The van der Waals surface area contributed by atoms with Crippen molar-refractivity contribution in [2.24, 2.45) is 0 Å². The first-order valence-electron chi connectivity index (χ1n) is 5.78. The third-order valence-corrected chi connectivity index (χ3v) is 2.81. The van der Waals surface area contributed by atoms with Gasteiger partial charge in [-0.25, -0.2) is 9.48 Å². The first-order chi connectivity index (χ1) is 9.97. The van der Waals surface area contributed by atoms with Gasteiger partial charge in [-0.15, -0.1) is 5.10 Å². The molecule has 9 nitrogen and oxygen atoms in total. The first-order valence-corrected chi connectivity index (χ1v) is 6.16. The molecule has 0 aliphatic heterocycles. The lowest BCUT2D eigenvalue weighted by atomic mass is 10.2. The third kappa shape index (κ3) is 3.66. The summed E-state index contributed by atoms with van der Waals surface area (Å²) >= 11 is 5.71. The minimum absolute atomic E-state index is 0.132. The number of rotatable bonds is 6. The first kappa shape index (κ1) is 14.7. The van der Waals surface area contributed by atoms with Crippen molar-refractivity contribution in [3.63, 3.8) is 0 Å². The molecule has 1 aromatic carbocycles. The van der Waals surface area contributed by atoms with Crippen LogP contribution in [0, 0.1) is 10.1 Å². The van der Waals surface area contributed by atoms with Gasteiger partial charge in [-0.3, -0.25) is 10.1 Å². The quantitative estimate of drug-likeness (QED) is 0.614. The Morgan fingerprint density at radius 2 is 2.29 bits per heavy atom. The van der Waals surface area contributed by atoms with E-state index in [1.165, 1.54) is 29.1 Å². The van der Waals surface area contributed by atoms with Crippen LogP contribution in [0.5, 0.6) is 0 Å². The number of carboxylic acid groups (broad SMARTS) is 1. The van der Waals surface area contributed by atoms with E-state index >= 15 is 0 Å². The summed E-state index contributed by atoms with van der Waals surface area (Å²) in [5.74, 6) is -1.16. The molecule has 0 saturated heterocycles. The Balaban J connectivity index is 2.00. The fourth-order valence-electron chi connectivity index (χ4n) is 1.62. The number of carbonyl (C=O) groups is 1. The molecule has 0 atom stereocenters. The SMILES string of the molecule is O=C(O)c1cn(CCNc2ccc(Cl)cc2[N+](=O)[O-])nn1. The average molecular weight is 312 g/mol. The Labute approximate surface area is 123 Å². The monoisotopic (exact) mass is 311 g/mol. The molecule has 10 heteroatoms. The van der Waals surface area contributed by atoms with Crippen LogP contribution in [0.1, 0.15) is 10.5 Å². The number of hydrogen-bond acceptors (Lipinski definition) is 6. The molecule has 2 N–H and O–H groups in total. The van der Waals surface area contributed by atoms with Crippen molar-refractivity contribution in [3.8, 4) is 0 Å². The average Bonchev–Trinajstić information content (AvgIpc) is 2.89. The van der Waals surface area contributed by atoms with E-state index in [4.69, 9.17) is 16.7 Å². The van der Waals surface area contributed by atoms with Crippen LogP contribution in [0.2, 0.25) is 5.02 Å². The summed E-state index contributed by atoms with van der Waals surface area (Å²) in [4.78, 5) is 21.0. The van der Waals surface area contributed by atoms with Crippen LogP contribution in [-0.2, 0) is 6.54 Å². The van der Waals surface area contributed by atoms with Crippen molar-refractivity contribution in [1.82, 2.24) is 15.0 Å². The highest BCUT2D eigenvalue weighted by Gasteiger charge is 2.14. The molecule has 1 heterocycles. The van der Waals surface area contributed by atoms with Crippen molar-refractivity contribution in [3.05, 3.63) is 45.2 Å². The second kappa shape index (κ2) is 6.18. The number of nitro benzene ring substituents is 1. The van der Waals surface area contributed by atoms with Gasteiger partial charge in [-0.2, -0.15) is 0 Å². The van der Waals surface area contributed by atoms with Crippen molar-refractivity contribution >= 4 is 28.9 Å². The Morgan fingerprint density at radius 3 is 2.90 bits per heavy atom. The fraction of sp³-hybridized carbons (Fsp3) is 0.182. The lowest BCUT2D eigenvalue weighted by Crippen LogP contribution is -2.12. The number of aromatic carboxylic acids is 1. The van der Waals surface area contributed by atoms with Crippen LogP contribution in [0.15, 0.2) is 24.4 Å². The lowest BCUT2D eigenvalue weighted by molar-refractivity contribution is -0.383. The van der Waals surface area contributed by atoms with E-state index in [9.17, 15) is 14.9 Å². The summed E-state index contributed by atoms with van der Waals surface area (Å²) in [6.45, 7) is 0.616. The van der Waals surface area contributed by atoms with E-state index in [0.29, 0.717) is 18.8 Å². The van der Waals surface area contributed by atoms with E-state index in [2.05, 4.69) is 15.6 Å². The zero-order valence-electron chi connectivity index (χ0n) is 10.6. The van der Waals surface area contributed by atoms with E-state index in [-0.39, 0.29) is 16.4 Å². The Morgan fingerprint density at radius 1 is 1.52 bits per heavy atom. The van der Waals surface area contributed by atoms with Gasteiger partial charge in [0.15, 0.2) is 5.69 Å². The number of hydrogen-bond donors (Lipinski definition) is 2. The van der Waals surface area contributed by atoms with Crippen molar-refractivity contribution in [2.45, 2.75) is 6.54 Å². The van der Waals surface area contributed by atoms with Crippen LogP contribution in [0.3, 0.4) is 0 Å². The summed E-state index contributed by atoms with van der Waals surface area (Å²) < 4.78 is 1.33. The van der Waals surface area contributed by atoms with Crippen LogP contribution in [-0.4, -0.2) is 37.5 Å². The van der Waals surface area contributed by atoms with Crippen LogP contribution in [0.25, 0.3) is 0 Å². The molecule has 0 saturated carbocycles. The molecule has 0 radical (unpaired) electrons. The normalized spacial score (nSPS) is 10.3. The van der Waals surface area contributed by atoms with Crippen molar-refractivity contribution in [1.29, 1.82) is 0 Å². The molecule has 1 aromatic heterocycles. The number of nitrogens with one attached hydrogen (secondary N) is 1. The molecule has 110 valence electrons. The predicted molar refractivity (Wildman–Crippen MR) is 73.6 cm³/mol. The van der Waals surface area contributed by atoms with Crippen molar-refractivity contribution in [2.75, 3.05) is 11.9 Å². The van der Waals surface area contributed by atoms with Crippen molar-refractivity contribution < 1.29 is 14.8 Å². The molecule has 0 fully saturated rings. The minimum atomic E-state index is -1.16. The topological polar surface area (TPSA) is 123 Å². The standard InChI is InChI=1S/C11H10ClN5O4/c12-7-1-2-8(10(5-7)17(20)21)13-3-4-16-6-9(11(18)19)14-15-16/h1-2,5-6,13H,3-4H2,(H,18,19). The number of aromatic nitrogens is 3. The molecular formula is C11H10ClN5O4. The van der Waals surface area contributed by atoms with Gasteiger partial charge in [0.25, 0.3) is 5.69 Å². The summed E-state index contributed by atoms with van der Waals surface area (Å²) in [6.07, 6.45) is 1.28. The van der Waals surface area contributed by atoms with Gasteiger partial charge < -0.3 is 10.4 Å². The molecular weight excluding hydrogens is 302 g/mol. The molecule has 0 aliphatic rings. The summed E-state index contributed by atoms with van der Waals surface area (Å²) in [7, 11) is 0. The molecule has 0 bridgehead atoms. The molecule has 2 rings (SSSR count). The highest BCUT2D eigenvalue weighted by atomic mass is 35.5. The smallest absolute Gasteiger partial charge is 0.358 e. The van der Waals surface area contributed by atoms with Gasteiger partial charge in [-0.05, 0) is 12.1 Å². The second-order valence-corrected chi connectivity index (χ2v) is 4.45. The van der Waals surface area contributed by atoms with Gasteiger partial charge in [0, 0.05) is 17.6 Å². The lowest BCUT2D eigenvalue weighted by Gasteiger charge is -2.07. The van der Waals surface area contributed by atoms with E-state index in [1.54, 1.807) is 0 Å². The molecule has 0 unspecified atom stereocenters. The fourth-order valence-corrected chi connectivity index (χ4v) is 1.78. The Kier molecular flexibility index (Phi) is 4.33. The highest BCUT2D eigenvalue weighted by Crippen LogP contribution is 2.27. The zero-order chi connectivity index (χ0) is 15.4. The minimum Gasteiger partial charge on any atom is -0.476 e. The predicted octanol–water partition coefficient (Wildman–Crippen LogP) is 1.65. The van der Waals surface area contributed by atoms with Crippen LogP contribution < -0.4 is 5.32 Å². The van der Waals surface area contributed by atoms with Gasteiger partial charge in [-0.1, -0.05) is 16.8 Å². The third-order valence-electron chi connectivity index (χ3n) is 2.57. The molecule has 21 heavy (non-hydrogen) atoms. The van der Waals surface area contributed by atoms with E-state index in [0.717, 1.165) is 0 Å². The number of benzene rings is 1. The summed E-state index contributed by atoms with van der Waals surface area (Å²) in [5.41, 5.74) is 0.0303. The molecule has 0 spiro atoms. The zero-order valence-corrected chi connectivity index (χ0v) is 11.3. The molecule has 2 aromatic rings. The summed E-state index contributed by atoms with van der Waals surface area (Å²) in [5, 5.41) is 29.8. The number of anilines is 1. The highest BCUT2D eigenvalue weighted by molar-refractivity contribution is 6.30. The Bertz CT molecular complexity index is 687. The van der Waals surface area contributed by atoms with E-state index in [1.807, 2.05) is 0 Å². The molecule has 0 amide bonds. The number of carboxylic acids is 1. The molecule has 0 aliphatic carbocycles. The largest absolute Gasteiger partial charge is 0.476 e. The van der Waals surface area contributed by atoms with Crippen LogP contribution in [0.4, 0.5) is 11.4 Å². The maximum Gasteiger partial charge on any atom is 0.358 e. The van der Waals surface area contributed by atoms with Gasteiger partial charge in [0.2, 0.25) is 0 Å². The number of halogens is 1. The Hall–Kier alpha value is -2.68. The van der Waals surface area contributed by atoms with Gasteiger partial charge >= 0.3 is 5.97 Å². The maximum atomic E-state index is 10.9. The summed E-state index contributed by atoms with van der Waals surface area (Å²) in [6, 6.07) is 4.29. The van der Waals surface area contributed by atoms with E-state index < -0.39 is 10.9 Å². The number of nitro groups is 1. The number of nitrogens with zero attached hydrogens (tertiary/aromatic N) is 4. The second-order valence-electron chi connectivity index (χ2n) is 4.02.